The summed E-state index contributed by atoms with van der Waals surface area (Å²) in [6.45, 7) is 8.61. The number of nitrogens with two attached hydrogens (primary N) is 2. The molecular weight excluding hydrogens is 396 g/mol. The maximum absolute atomic E-state index is 9.09. The molecule has 0 saturated carbocycles. The van der Waals surface area contributed by atoms with E-state index in [9.17, 15) is 0 Å². The lowest BCUT2D eigenvalue weighted by Crippen LogP contribution is -2.29. The number of nitrogens with zero attached hydrogens (tertiary/aromatic N) is 1. The summed E-state index contributed by atoms with van der Waals surface area (Å²) < 4.78 is 0. The standard InChI is InChI=1S/C6H15N.C6H6.C3H4N2.2CH3NOS.CH4.H3N/c1-5(2)7-6(3)4;1-2-4-6-5-3-1;1-2-4-5-3-1;2*2-1(3)4;;/h5-7H,1-4H3;1-6H;1-3H,(H,4,5);2*(H3,2,3,4);1H4;1H3. The zero-order valence-electron chi connectivity index (χ0n) is 16.4. The fourth-order valence-corrected chi connectivity index (χ4v) is 1.27. The van der Waals surface area contributed by atoms with Crippen LogP contribution in [0.25, 0.3) is 0 Å². The minimum Gasteiger partial charge on any atom is -0.361 e. The van der Waals surface area contributed by atoms with E-state index < -0.39 is 10.5 Å². The van der Waals surface area contributed by atoms with E-state index in [2.05, 4.69) is 79.9 Å². The molecule has 9 N–H and O–H groups in total. The monoisotopic (exact) mass is 434 g/mol. The summed E-state index contributed by atoms with van der Waals surface area (Å²) >= 11 is 6.21. The summed E-state index contributed by atoms with van der Waals surface area (Å²) in [5.41, 5.74) is 8.67. The van der Waals surface area contributed by atoms with Gasteiger partial charge in [-0.2, -0.15) is 5.10 Å². The highest BCUT2D eigenvalue weighted by molar-refractivity contribution is 7.96. The van der Waals surface area contributed by atoms with Crippen molar-refractivity contribution in [2.75, 3.05) is 0 Å². The molecule has 1 aromatic carbocycles. The van der Waals surface area contributed by atoms with Crippen LogP contribution in [0.4, 0.5) is 9.59 Å². The predicted molar refractivity (Wildman–Crippen MR) is 127 cm³/mol. The second kappa shape index (κ2) is 29.7. The molecule has 28 heavy (non-hydrogen) atoms. The molecule has 0 aliphatic heterocycles. The van der Waals surface area contributed by atoms with Crippen LogP contribution in [-0.4, -0.2) is 32.8 Å². The van der Waals surface area contributed by atoms with E-state index in [1.54, 1.807) is 12.4 Å². The minimum atomic E-state index is -0.639. The Hall–Kier alpha value is -2.01. The number of H-pyrrole nitrogens is 1. The number of carbonyl (C=O) groups excluding carboxylic acids is 2. The Labute approximate surface area is 180 Å². The number of aromatic amines is 1. The van der Waals surface area contributed by atoms with Gasteiger partial charge in [-0.3, -0.25) is 14.7 Å². The Bertz CT molecular complexity index is 442. The summed E-state index contributed by atoms with van der Waals surface area (Å²) in [5.74, 6) is 0. The van der Waals surface area contributed by atoms with E-state index in [1.807, 2.05) is 42.5 Å². The highest BCUT2D eigenvalue weighted by Gasteiger charge is 1.92. The Kier molecular flexibility index (Phi) is 39.1. The molecule has 10 heteroatoms. The number of thiol groups is 2. The number of aromatic nitrogens is 2. The summed E-state index contributed by atoms with van der Waals surface area (Å²) in [5, 5.41) is 8.24. The van der Waals surface area contributed by atoms with Crippen molar-refractivity contribution >= 4 is 35.7 Å². The number of hydrogen-bond acceptors (Lipinski definition) is 5. The molecule has 2 aromatic rings. The number of rotatable bonds is 2. The van der Waals surface area contributed by atoms with E-state index in [-0.39, 0.29) is 13.6 Å². The van der Waals surface area contributed by atoms with Crippen LogP contribution in [0.5, 0.6) is 0 Å². The molecule has 1 heterocycles. The van der Waals surface area contributed by atoms with E-state index in [0.29, 0.717) is 12.1 Å². The molecular formula is C18H38N6O2S2. The average Bonchev–Trinajstić information content (AvgIpc) is 3.06. The van der Waals surface area contributed by atoms with Gasteiger partial charge < -0.3 is 22.9 Å². The van der Waals surface area contributed by atoms with Crippen LogP contribution in [0.15, 0.2) is 54.9 Å². The first-order valence-corrected chi connectivity index (χ1v) is 8.65. The normalized spacial score (nSPS) is 7.71. The van der Waals surface area contributed by atoms with Crippen LogP contribution in [0.1, 0.15) is 35.1 Å². The summed E-state index contributed by atoms with van der Waals surface area (Å²) in [6.07, 6.45) is 3.46. The predicted octanol–water partition coefficient (Wildman–Crippen LogP) is 4.28. The lowest BCUT2D eigenvalue weighted by molar-refractivity contribution is 0.266. The van der Waals surface area contributed by atoms with Crippen molar-refractivity contribution < 1.29 is 9.59 Å². The van der Waals surface area contributed by atoms with E-state index >= 15 is 0 Å². The van der Waals surface area contributed by atoms with Crippen molar-refractivity contribution in [2.45, 2.75) is 47.2 Å². The zero-order valence-corrected chi connectivity index (χ0v) is 18.2. The van der Waals surface area contributed by atoms with Gasteiger partial charge in [0, 0.05) is 24.5 Å². The topological polar surface area (TPSA) is 162 Å². The maximum Gasteiger partial charge on any atom is 0.273 e. The quantitative estimate of drug-likeness (QED) is 0.350. The summed E-state index contributed by atoms with van der Waals surface area (Å²) in [4.78, 5) is 18.2. The van der Waals surface area contributed by atoms with Gasteiger partial charge in [0.1, 0.15) is 0 Å². The van der Waals surface area contributed by atoms with Crippen LogP contribution in [0.2, 0.25) is 0 Å². The third kappa shape index (κ3) is 75.1. The summed E-state index contributed by atoms with van der Waals surface area (Å²) in [7, 11) is 0. The van der Waals surface area contributed by atoms with Crippen molar-refractivity contribution in [2.24, 2.45) is 11.5 Å². The number of primary amides is 2. The molecule has 0 aliphatic rings. The van der Waals surface area contributed by atoms with Crippen LogP contribution in [-0.2, 0) is 0 Å². The van der Waals surface area contributed by atoms with Crippen LogP contribution in [0, 0.1) is 0 Å². The second-order valence-electron chi connectivity index (χ2n) is 5.07. The first kappa shape index (κ1) is 36.8. The van der Waals surface area contributed by atoms with Crippen molar-refractivity contribution in [3.63, 3.8) is 0 Å². The lowest BCUT2D eigenvalue weighted by atomic mass is 10.3. The van der Waals surface area contributed by atoms with Gasteiger partial charge >= 0.3 is 0 Å². The van der Waals surface area contributed by atoms with Gasteiger partial charge in [-0.1, -0.05) is 96.8 Å². The highest BCUT2D eigenvalue weighted by atomic mass is 32.1. The third-order valence-electron chi connectivity index (χ3n) is 1.74. The molecule has 1 aromatic heterocycles. The van der Waals surface area contributed by atoms with Crippen LogP contribution in [0.3, 0.4) is 0 Å². The van der Waals surface area contributed by atoms with Crippen molar-refractivity contribution in [3.05, 3.63) is 54.9 Å². The second-order valence-corrected chi connectivity index (χ2v) is 5.96. The minimum absolute atomic E-state index is 0. The fraction of sp³-hybridized carbons (Fsp3) is 0.389. The average molecular weight is 435 g/mol. The summed E-state index contributed by atoms with van der Waals surface area (Å²) in [6, 6.07) is 15.1. The first-order valence-electron chi connectivity index (χ1n) is 7.76. The van der Waals surface area contributed by atoms with Crippen molar-refractivity contribution in [3.8, 4) is 0 Å². The molecule has 0 radical (unpaired) electrons. The van der Waals surface area contributed by atoms with Gasteiger partial charge in [0.15, 0.2) is 0 Å². The van der Waals surface area contributed by atoms with Crippen molar-refractivity contribution in [1.29, 1.82) is 0 Å². The van der Waals surface area contributed by atoms with Crippen molar-refractivity contribution in [1.82, 2.24) is 21.7 Å². The largest absolute Gasteiger partial charge is 0.361 e. The number of nitrogens with one attached hydrogen (secondary N) is 2. The van der Waals surface area contributed by atoms with E-state index in [4.69, 9.17) is 9.59 Å². The number of benzene rings is 1. The van der Waals surface area contributed by atoms with Gasteiger partial charge in [0.05, 0.1) is 0 Å². The molecule has 8 nitrogen and oxygen atoms in total. The molecule has 0 fully saturated rings. The van der Waals surface area contributed by atoms with E-state index in [1.165, 1.54) is 0 Å². The van der Waals surface area contributed by atoms with Gasteiger partial charge in [-0.05, 0) is 6.07 Å². The molecule has 0 bridgehead atoms. The Morgan fingerprint density at radius 2 is 1.14 bits per heavy atom. The van der Waals surface area contributed by atoms with Gasteiger partial charge in [-0.25, -0.2) is 0 Å². The molecule has 0 unspecified atom stereocenters. The SMILES string of the molecule is C.CC(C)NC(C)C.N.NC(=O)S.NC(=O)S.c1ccccc1.c1cn[nH]c1. The fourth-order valence-electron chi connectivity index (χ4n) is 1.27. The number of amides is 2. The number of hydrogen-bond donors (Lipinski definition) is 7. The third-order valence-corrected chi connectivity index (χ3v) is 1.74. The van der Waals surface area contributed by atoms with Gasteiger partial charge in [0.2, 0.25) is 0 Å². The Balaban J connectivity index is -0.0000000786. The number of carbonyl (C=O) groups is 2. The maximum atomic E-state index is 9.09. The molecule has 2 rings (SSSR count). The molecule has 0 aliphatic carbocycles. The zero-order chi connectivity index (χ0) is 20.8. The molecule has 0 saturated heterocycles. The Morgan fingerprint density at radius 3 is 1.21 bits per heavy atom. The smallest absolute Gasteiger partial charge is 0.273 e. The lowest BCUT2D eigenvalue weighted by Gasteiger charge is -2.10. The highest BCUT2D eigenvalue weighted by Crippen LogP contribution is 1.81. The van der Waals surface area contributed by atoms with Crippen LogP contribution < -0.4 is 22.9 Å². The van der Waals surface area contributed by atoms with Gasteiger partial charge in [0.25, 0.3) is 10.5 Å². The Morgan fingerprint density at radius 1 is 0.857 bits per heavy atom. The van der Waals surface area contributed by atoms with Gasteiger partial charge in [-0.15, -0.1) is 0 Å². The van der Waals surface area contributed by atoms with Crippen LogP contribution >= 0.6 is 25.3 Å². The molecule has 2 amide bonds. The molecule has 0 atom stereocenters. The van der Waals surface area contributed by atoms with E-state index in [0.717, 1.165) is 0 Å². The molecule has 0 spiro atoms. The first-order chi connectivity index (χ1) is 12.1. The molecule has 164 valence electrons.